The lowest BCUT2D eigenvalue weighted by Gasteiger charge is -2.16. The fourth-order valence-corrected chi connectivity index (χ4v) is 3.39. The van der Waals surface area contributed by atoms with Crippen LogP contribution in [-0.2, 0) is 11.3 Å². The Hall–Kier alpha value is -2.74. The SMILES string of the molecule is CCN(CC)c1ncc(/C=N\NC(=O)Cn2cnc3ccccc32)s1. The summed E-state index contributed by atoms with van der Waals surface area (Å²) in [6.45, 7) is 6.19. The fraction of sp³-hybridized carbons (Fsp3) is 0.294. The molecule has 0 saturated carbocycles. The van der Waals surface area contributed by atoms with Gasteiger partial charge in [0.05, 0.1) is 28.5 Å². The predicted octanol–water partition coefficient (Wildman–Crippen LogP) is 2.49. The molecule has 1 aromatic carbocycles. The number of thiazole rings is 1. The molecule has 8 heteroatoms. The third-order valence-electron chi connectivity index (χ3n) is 3.77. The van der Waals surface area contributed by atoms with Gasteiger partial charge in [-0.2, -0.15) is 5.10 Å². The number of fused-ring (bicyclic) bond motifs is 1. The van der Waals surface area contributed by atoms with E-state index in [-0.39, 0.29) is 12.5 Å². The molecule has 7 nitrogen and oxygen atoms in total. The quantitative estimate of drug-likeness (QED) is 0.521. The van der Waals surface area contributed by atoms with Gasteiger partial charge in [0.25, 0.3) is 5.91 Å². The molecule has 0 bridgehead atoms. The first-order chi connectivity index (χ1) is 12.2. The van der Waals surface area contributed by atoms with E-state index in [0.29, 0.717) is 0 Å². The Bertz CT molecular complexity index is 880. The molecule has 0 aliphatic heterocycles. The average Bonchev–Trinajstić information content (AvgIpc) is 3.24. The average molecular weight is 356 g/mol. The number of carbonyl (C=O) groups excluding carboxylic acids is 1. The molecular formula is C17H20N6OS. The standard InChI is InChI=1S/C17H20N6OS/c1-3-22(4-2)17-18-9-13(25-17)10-20-21-16(24)11-23-12-19-14-7-5-6-8-15(14)23/h5-10,12H,3-4,11H2,1-2H3,(H,21,24)/b20-10-. The molecule has 1 amide bonds. The molecule has 0 radical (unpaired) electrons. The van der Waals surface area contributed by atoms with Crippen molar-refractivity contribution < 1.29 is 4.79 Å². The van der Waals surface area contributed by atoms with Crippen molar-refractivity contribution in [3.63, 3.8) is 0 Å². The number of hydrazone groups is 1. The van der Waals surface area contributed by atoms with E-state index < -0.39 is 0 Å². The van der Waals surface area contributed by atoms with Crippen molar-refractivity contribution in [1.29, 1.82) is 0 Å². The number of para-hydroxylation sites is 2. The predicted molar refractivity (Wildman–Crippen MR) is 101 cm³/mol. The second-order valence-electron chi connectivity index (χ2n) is 5.37. The van der Waals surface area contributed by atoms with Crippen molar-refractivity contribution in [2.24, 2.45) is 5.10 Å². The minimum Gasteiger partial charge on any atom is -0.349 e. The molecule has 0 fully saturated rings. The van der Waals surface area contributed by atoms with Crippen molar-refractivity contribution in [2.45, 2.75) is 20.4 Å². The van der Waals surface area contributed by atoms with Gasteiger partial charge in [-0.1, -0.05) is 23.5 Å². The number of benzene rings is 1. The van der Waals surface area contributed by atoms with Gasteiger partial charge < -0.3 is 9.47 Å². The first-order valence-electron chi connectivity index (χ1n) is 8.13. The zero-order valence-electron chi connectivity index (χ0n) is 14.2. The Kier molecular flexibility index (Phi) is 5.39. The van der Waals surface area contributed by atoms with Crippen LogP contribution in [0, 0.1) is 0 Å². The van der Waals surface area contributed by atoms with Crippen LogP contribution in [0.2, 0.25) is 0 Å². The summed E-state index contributed by atoms with van der Waals surface area (Å²) in [5.41, 5.74) is 4.34. The second kappa shape index (κ2) is 7.89. The van der Waals surface area contributed by atoms with E-state index in [1.165, 1.54) is 0 Å². The summed E-state index contributed by atoms with van der Waals surface area (Å²) in [7, 11) is 0. The van der Waals surface area contributed by atoms with Crippen molar-refractivity contribution in [1.82, 2.24) is 20.0 Å². The lowest BCUT2D eigenvalue weighted by Crippen LogP contribution is -2.22. The van der Waals surface area contributed by atoms with Crippen LogP contribution in [0.15, 0.2) is 41.9 Å². The Morgan fingerprint density at radius 3 is 2.92 bits per heavy atom. The minimum atomic E-state index is -0.201. The molecule has 1 N–H and O–H groups in total. The highest BCUT2D eigenvalue weighted by atomic mass is 32.1. The first kappa shape index (κ1) is 17.1. The number of amides is 1. The Labute approximate surface area is 150 Å². The van der Waals surface area contributed by atoms with E-state index >= 15 is 0 Å². The maximum atomic E-state index is 12.1. The molecule has 25 heavy (non-hydrogen) atoms. The molecule has 0 spiro atoms. The van der Waals surface area contributed by atoms with Crippen molar-refractivity contribution in [2.75, 3.05) is 18.0 Å². The van der Waals surface area contributed by atoms with Gasteiger partial charge in [-0.15, -0.1) is 0 Å². The maximum absolute atomic E-state index is 12.1. The highest BCUT2D eigenvalue weighted by Gasteiger charge is 2.07. The van der Waals surface area contributed by atoms with E-state index in [1.54, 1.807) is 34.6 Å². The number of nitrogens with one attached hydrogen (secondary N) is 1. The third-order valence-corrected chi connectivity index (χ3v) is 4.76. The largest absolute Gasteiger partial charge is 0.349 e. The van der Waals surface area contributed by atoms with Crippen LogP contribution in [0.3, 0.4) is 0 Å². The summed E-state index contributed by atoms with van der Waals surface area (Å²) in [6, 6.07) is 7.70. The van der Waals surface area contributed by atoms with Gasteiger partial charge in [-0.25, -0.2) is 15.4 Å². The van der Waals surface area contributed by atoms with Gasteiger partial charge in [0.2, 0.25) is 0 Å². The van der Waals surface area contributed by atoms with E-state index in [9.17, 15) is 4.79 Å². The van der Waals surface area contributed by atoms with E-state index in [0.717, 1.165) is 34.1 Å². The Morgan fingerprint density at radius 2 is 2.12 bits per heavy atom. The number of aromatic nitrogens is 3. The number of carbonyl (C=O) groups is 1. The number of nitrogens with zero attached hydrogens (tertiary/aromatic N) is 5. The zero-order chi connectivity index (χ0) is 17.6. The number of anilines is 1. The van der Waals surface area contributed by atoms with Gasteiger partial charge in [-0.05, 0) is 26.0 Å². The second-order valence-corrected chi connectivity index (χ2v) is 6.41. The number of rotatable bonds is 7. The van der Waals surface area contributed by atoms with Crippen LogP contribution in [0.4, 0.5) is 5.13 Å². The summed E-state index contributed by atoms with van der Waals surface area (Å²) in [5, 5.41) is 4.98. The van der Waals surface area contributed by atoms with Crippen LogP contribution in [0.25, 0.3) is 11.0 Å². The van der Waals surface area contributed by atoms with Crippen LogP contribution in [0.1, 0.15) is 18.7 Å². The topological polar surface area (TPSA) is 75.4 Å². The monoisotopic (exact) mass is 356 g/mol. The van der Waals surface area contributed by atoms with Gasteiger partial charge in [0, 0.05) is 19.3 Å². The normalized spacial score (nSPS) is 11.3. The van der Waals surface area contributed by atoms with E-state index in [4.69, 9.17) is 0 Å². The summed E-state index contributed by atoms with van der Waals surface area (Å²) >= 11 is 1.55. The molecule has 0 aliphatic rings. The first-order valence-corrected chi connectivity index (χ1v) is 8.95. The Balaban J connectivity index is 1.58. The molecule has 0 atom stereocenters. The molecule has 0 aliphatic carbocycles. The lowest BCUT2D eigenvalue weighted by atomic mass is 10.3. The van der Waals surface area contributed by atoms with Gasteiger partial charge in [0.1, 0.15) is 6.54 Å². The van der Waals surface area contributed by atoms with Crippen LogP contribution < -0.4 is 10.3 Å². The highest BCUT2D eigenvalue weighted by Crippen LogP contribution is 2.20. The molecule has 2 aromatic heterocycles. The van der Waals surface area contributed by atoms with Crippen LogP contribution in [-0.4, -0.2) is 39.7 Å². The molecule has 130 valence electrons. The molecule has 2 heterocycles. The van der Waals surface area contributed by atoms with Gasteiger partial charge in [-0.3, -0.25) is 4.79 Å². The lowest BCUT2D eigenvalue weighted by molar-refractivity contribution is -0.121. The Morgan fingerprint density at radius 1 is 1.32 bits per heavy atom. The summed E-state index contributed by atoms with van der Waals surface area (Å²) in [4.78, 5) is 23.8. The summed E-state index contributed by atoms with van der Waals surface area (Å²) in [6.07, 6.45) is 5.04. The highest BCUT2D eigenvalue weighted by molar-refractivity contribution is 7.17. The maximum Gasteiger partial charge on any atom is 0.260 e. The van der Waals surface area contributed by atoms with Crippen molar-refractivity contribution in [3.05, 3.63) is 41.7 Å². The number of imidazole rings is 1. The van der Waals surface area contributed by atoms with Gasteiger partial charge >= 0.3 is 0 Å². The minimum absolute atomic E-state index is 0.172. The molecule has 3 rings (SSSR count). The van der Waals surface area contributed by atoms with Crippen molar-refractivity contribution in [3.8, 4) is 0 Å². The summed E-state index contributed by atoms with van der Waals surface area (Å²) < 4.78 is 1.80. The fourth-order valence-electron chi connectivity index (χ4n) is 2.47. The number of hydrogen-bond donors (Lipinski definition) is 1. The van der Waals surface area contributed by atoms with Gasteiger partial charge in [0.15, 0.2) is 5.13 Å². The van der Waals surface area contributed by atoms with E-state index in [1.807, 2.05) is 24.3 Å². The van der Waals surface area contributed by atoms with Crippen LogP contribution >= 0.6 is 11.3 Å². The number of hydrogen-bond acceptors (Lipinski definition) is 6. The molecule has 3 aromatic rings. The van der Waals surface area contributed by atoms with Crippen molar-refractivity contribution >= 4 is 39.6 Å². The summed E-state index contributed by atoms with van der Waals surface area (Å²) in [5.74, 6) is -0.201. The molecular weight excluding hydrogens is 336 g/mol. The van der Waals surface area contributed by atoms with E-state index in [2.05, 4.69) is 39.2 Å². The third kappa shape index (κ3) is 4.03. The smallest absolute Gasteiger partial charge is 0.260 e. The zero-order valence-corrected chi connectivity index (χ0v) is 15.0. The molecule has 0 saturated heterocycles. The molecule has 0 unspecified atom stereocenters. The van der Waals surface area contributed by atoms with Crippen LogP contribution in [0.5, 0.6) is 0 Å².